The van der Waals surface area contributed by atoms with E-state index in [1.54, 1.807) is 12.1 Å². The van der Waals surface area contributed by atoms with Crippen LogP contribution in [0.3, 0.4) is 0 Å². The number of hydrogen-bond donors (Lipinski definition) is 4. The van der Waals surface area contributed by atoms with Gasteiger partial charge in [-0.3, -0.25) is 19.3 Å². The summed E-state index contributed by atoms with van der Waals surface area (Å²) in [5.41, 5.74) is 5.61. The third-order valence-corrected chi connectivity index (χ3v) is 3.57. The van der Waals surface area contributed by atoms with Gasteiger partial charge >= 0.3 is 11.8 Å². The Kier molecular flexibility index (Phi) is 6.07. The molecule has 8 nitrogen and oxygen atoms in total. The average Bonchev–Trinajstić information content (AvgIpc) is 2.56. The van der Waals surface area contributed by atoms with E-state index in [9.17, 15) is 14.4 Å². The zero-order chi connectivity index (χ0) is 16.7. The molecule has 2 rings (SSSR count). The molecule has 1 heterocycles. The highest BCUT2D eigenvalue weighted by atomic mass is 16.2. The second kappa shape index (κ2) is 8.25. The van der Waals surface area contributed by atoms with Crippen LogP contribution in [0.15, 0.2) is 24.3 Å². The summed E-state index contributed by atoms with van der Waals surface area (Å²) in [6, 6.07) is 6.28. The minimum atomic E-state index is -0.820. The molecule has 5 N–H and O–H groups in total. The molecule has 0 bridgehead atoms. The van der Waals surface area contributed by atoms with E-state index in [-0.39, 0.29) is 11.3 Å². The van der Waals surface area contributed by atoms with Gasteiger partial charge in [-0.05, 0) is 12.1 Å². The van der Waals surface area contributed by atoms with Crippen LogP contribution in [0.1, 0.15) is 10.4 Å². The highest BCUT2D eigenvalue weighted by Gasteiger charge is 2.17. The Morgan fingerprint density at radius 2 is 1.83 bits per heavy atom. The summed E-state index contributed by atoms with van der Waals surface area (Å²) in [6.45, 7) is 4.79. The van der Waals surface area contributed by atoms with Gasteiger partial charge in [0.25, 0.3) is 5.91 Å². The Hall–Kier alpha value is -2.45. The van der Waals surface area contributed by atoms with Crippen molar-refractivity contribution < 1.29 is 14.4 Å². The first-order valence-electron chi connectivity index (χ1n) is 7.49. The van der Waals surface area contributed by atoms with Gasteiger partial charge in [0.05, 0.1) is 11.3 Å². The third kappa shape index (κ3) is 5.04. The summed E-state index contributed by atoms with van der Waals surface area (Å²) in [7, 11) is 0. The number of primary amides is 1. The third-order valence-electron chi connectivity index (χ3n) is 3.57. The zero-order valence-electron chi connectivity index (χ0n) is 12.8. The van der Waals surface area contributed by atoms with E-state index in [1.165, 1.54) is 12.1 Å². The molecule has 0 radical (unpaired) electrons. The summed E-state index contributed by atoms with van der Waals surface area (Å²) < 4.78 is 0. The number of carbonyl (C=O) groups excluding carboxylic acids is 3. The molecule has 1 aromatic carbocycles. The Labute approximate surface area is 134 Å². The number of carbonyl (C=O) groups is 3. The van der Waals surface area contributed by atoms with Crippen molar-refractivity contribution >= 4 is 23.4 Å². The first kappa shape index (κ1) is 16.9. The Morgan fingerprint density at radius 3 is 2.52 bits per heavy atom. The normalized spacial score (nSPS) is 15.0. The number of benzene rings is 1. The molecule has 0 aromatic heterocycles. The molecule has 1 aliphatic heterocycles. The summed E-state index contributed by atoms with van der Waals surface area (Å²) in [6.07, 6.45) is 0. The van der Waals surface area contributed by atoms with Gasteiger partial charge in [-0.15, -0.1) is 0 Å². The fraction of sp³-hybridized carbons (Fsp3) is 0.400. The standard InChI is InChI=1S/C15H21N5O3/c16-13(21)11-3-1-2-4-12(11)19-15(23)14(22)18-7-10-20-8-5-17-6-9-20/h1-4,17H,5-10H2,(H2,16,21)(H,18,22)(H,19,23). The molecule has 0 atom stereocenters. The quantitative estimate of drug-likeness (QED) is 0.506. The number of para-hydroxylation sites is 1. The summed E-state index contributed by atoms with van der Waals surface area (Å²) in [5, 5.41) is 8.22. The predicted molar refractivity (Wildman–Crippen MR) is 85.9 cm³/mol. The number of nitrogens with one attached hydrogen (secondary N) is 3. The molecule has 1 saturated heterocycles. The fourth-order valence-corrected chi connectivity index (χ4v) is 2.33. The minimum absolute atomic E-state index is 0.162. The van der Waals surface area contributed by atoms with E-state index in [1.807, 2.05) is 0 Å². The first-order chi connectivity index (χ1) is 11.1. The van der Waals surface area contributed by atoms with Crippen LogP contribution in [0.4, 0.5) is 5.69 Å². The van der Waals surface area contributed by atoms with Crippen molar-refractivity contribution in [3.63, 3.8) is 0 Å². The lowest BCUT2D eigenvalue weighted by atomic mass is 10.1. The smallest absolute Gasteiger partial charge is 0.313 e. The number of rotatable bonds is 5. The van der Waals surface area contributed by atoms with Crippen LogP contribution in [0.2, 0.25) is 0 Å². The number of hydrogen-bond acceptors (Lipinski definition) is 5. The molecule has 0 aliphatic carbocycles. The van der Waals surface area contributed by atoms with Crippen LogP contribution in [-0.4, -0.2) is 61.9 Å². The average molecular weight is 319 g/mol. The maximum atomic E-state index is 11.9. The molecule has 0 spiro atoms. The maximum absolute atomic E-state index is 11.9. The second-order valence-electron chi connectivity index (χ2n) is 5.21. The fourth-order valence-electron chi connectivity index (χ4n) is 2.33. The monoisotopic (exact) mass is 319 g/mol. The van der Waals surface area contributed by atoms with E-state index < -0.39 is 17.7 Å². The maximum Gasteiger partial charge on any atom is 0.313 e. The number of piperazine rings is 1. The van der Waals surface area contributed by atoms with Crippen LogP contribution in [-0.2, 0) is 9.59 Å². The SMILES string of the molecule is NC(=O)c1ccccc1NC(=O)C(=O)NCCN1CCNCC1. The lowest BCUT2D eigenvalue weighted by Gasteiger charge is -2.26. The molecule has 8 heteroatoms. The minimum Gasteiger partial charge on any atom is -0.366 e. The van der Waals surface area contributed by atoms with Crippen molar-refractivity contribution in [3.8, 4) is 0 Å². The topological polar surface area (TPSA) is 117 Å². The zero-order valence-corrected chi connectivity index (χ0v) is 12.8. The number of anilines is 1. The molecular formula is C15H21N5O3. The number of nitrogens with zero attached hydrogens (tertiary/aromatic N) is 1. The van der Waals surface area contributed by atoms with Gasteiger partial charge in [-0.2, -0.15) is 0 Å². The Morgan fingerprint density at radius 1 is 1.13 bits per heavy atom. The molecular weight excluding hydrogens is 298 g/mol. The number of nitrogens with two attached hydrogens (primary N) is 1. The van der Waals surface area contributed by atoms with Crippen molar-refractivity contribution in [2.75, 3.05) is 44.6 Å². The predicted octanol–water partition coefficient (Wildman–Crippen LogP) is -1.25. The molecule has 1 aromatic rings. The lowest BCUT2D eigenvalue weighted by molar-refractivity contribution is -0.136. The van der Waals surface area contributed by atoms with Gasteiger partial charge in [0.1, 0.15) is 0 Å². The van der Waals surface area contributed by atoms with Gasteiger partial charge in [-0.1, -0.05) is 12.1 Å². The van der Waals surface area contributed by atoms with Gasteiger partial charge in [0.2, 0.25) is 0 Å². The first-order valence-corrected chi connectivity index (χ1v) is 7.49. The summed E-state index contributed by atoms with van der Waals surface area (Å²) in [5.74, 6) is -2.22. The van der Waals surface area contributed by atoms with Crippen molar-refractivity contribution in [1.29, 1.82) is 0 Å². The highest BCUT2D eigenvalue weighted by molar-refractivity contribution is 6.40. The molecule has 0 saturated carbocycles. The molecule has 1 fully saturated rings. The van der Waals surface area contributed by atoms with Crippen molar-refractivity contribution in [2.24, 2.45) is 5.73 Å². The van der Waals surface area contributed by atoms with Crippen LogP contribution >= 0.6 is 0 Å². The van der Waals surface area contributed by atoms with E-state index in [2.05, 4.69) is 20.9 Å². The van der Waals surface area contributed by atoms with Gasteiger partial charge in [0.15, 0.2) is 0 Å². The molecule has 0 unspecified atom stereocenters. The van der Waals surface area contributed by atoms with Crippen LogP contribution < -0.4 is 21.7 Å². The highest BCUT2D eigenvalue weighted by Crippen LogP contribution is 2.13. The van der Waals surface area contributed by atoms with E-state index in [0.717, 1.165) is 26.2 Å². The number of amides is 3. The van der Waals surface area contributed by atoms with Crippen molar-refractivity contribution in [1.82, 2.24) is 15.5 Å². The molecule has 3 amide bonds. The molecule has 23 heavy (non-hydrogen) atoms. The second-order valence-corrected chi connectivity index (χ2v) is 5.21. The molecule has 1 aliphatic rings. The van der Waals surface area contributed by atoms with E-state index >= 15 is 0 Å². The van der Waals surface area contributed by atoms with Crippen LogP contribution in [0.25, 0.3) is 0 Å². The lowest BCUT2D eigenvalue weighted by Crippen LogP contribution is -2.47. The van der Waals surface area contributed by atoms with Crippen molar-refractivity contribution in [3.05, 3.63) is 29.8 Å². The van der Waals surface area contributed by atoms with E-state index in [0.29, 0.717) is 13.1 Å². The van der Waals surface area contributed by atoms with Crippen LogP contribution in [0, 0.1) is 0 Å². The molecule has 124 valence electrons. The summed E-state index contributed by atoms with van der Waals surface area (Å²) >= 11 is 0. The summed E-state index contributed by atoms with van der Waals surface area (Å²) in [4.78, 5) is 37.2. The van der Waals surface area contributed by atoms with E-state index in [4.69, 9.17) is 5.73 Å². The Balaban J connectivity index is 1.81. The van der Waals surface area contributed by atoms with Crippen LogP contribution in [0.5, 0.6) is 0 Å². The van der Waals surface area contributed by atoms with Gasteiger partial charge in [-0.25, -0.2) is 0 Å². The van der Waals surface area contributed by atoms with Gasteiger partial charge < -0.3 is 21.7 Å². The largest absolute Gasteiger partial charge is 0.366 e. The van der Waals surface area contributed by atoms with Gasteiger partial charge in [0, 0.05) is 39.3 Å². The Bertz CT molecular complexity index is 584. The van der Waals surface area contributed by atoms with Crippen molar-refractivity contribution in [2.45, 2.75) is 0 Å².